The van der Waals surface area contributed by atoms with Gasteiger partial charge in [0.1, 0.15) is 5.75 Å². The number of aromatic nitrogens is 1. The Labute approximate surface area is 185 Å². The number of pyridine rings is 1. The molecule has 1 saturated carbocycles. The Morgan fingerprint density at radius 3 is 2.87 bits per heavy atom. The highest BCUT2D eigenvalue weighted by molar-refractivity contribution is 6.04. The highest BCUT2D eigenvalue weighted by Gasteiger charge is 2.50. The molecule has 1 aliphatic carbocycles. The quantitative estimate of drug-likeness (QED) is 0.676. The second kappa shape index (κ2) is 8.62. The topological polar surface area (TPSA) is 71.5 Å². The van der Waals surface area contributed by atoms with Crippen molar-refractivity contribution in [1.29, 1.82) is 0 Å². The van der Waals surface area contributed by atoms with Crippen molar-refractivity contribution in [2.24, 2.45) is 5.92 Å². The molecule has 1 fully saturated rings. The summed E-state index contributed by atoms with van der Waals surface area (Å²) in [6.07, 6.45) is 8.15. The van der Waals surface area contributed by atoms with E-state index >= 15 is 0 Å². The van der Waals surface area contributed by atoms with Gasteiger partial charge in [-0.15, -0.1) is 0 Å². The number of anilines is 1. The molecule has 1 amide bonds. The van der Waals surface area contributed by atoms with Crippen LogP contribution in [0.15, 0.2) is 36.5 Å². The van der Waals surface area contributed by atoms with Crippen LogP contribution in [0.1, 0.15) is 80.4 Å². The van der Waals surface area contributed by atoms with Crippen molar-refractivity contribution in [3.05, 3.63) is 53.3 Å². The van der Waals surface area contributed by atoms with E-state index in [2.05, 4.69) is 30.2 Å². The van der Waals surface area contributed by atoms with E-state index in [1.165, 1.54) is 5.56 Å². The summed E-state index contributed by atoms with van der Waals surface area (Å²) in [5.41, 5.74) is 2.74. The molecule has 0 spiro atoms. The standard InChI is InChI=1S/C26H34N2O3/c1-4-11-25(30)12-13-26(5-2)20(17-25)10-15-31-23-16-19(8-9-21(23)26)24(29)28-22-7-6-14-27-18(22)3/h6-9,14,16,20,30H,4-5,10-13,15,17H2,1-3H3,(H,28,29)/t20-,25+,26+/m1/s1. The predicted octanol–water partition coefficient (Wildman–Crippen LogP) is 5.40. The van der Waals surface area contributed by atoms with Crippen molar-refractivity contribution >= 4 is 11.6 Å². The van der Waals surface area contributed by atoms with Crippen LogP contribution >= 0.6 is 0 Å². The Bertz CT molecular complexity index is 959. The zero-order chi connectivity index (χ0) is 22.1. The Hall–Kier alpha value is -2.40. The normalized spacial score (nSPS) is 27.4. The fraction of sp³-hybridized carbons (Fsp3) is 0.538. The lowest BCUT2D eigenvalue weighted by Crippen LogP contribution is -2.47. The Balaban J connectivity index is 1.63. The van der Waals surface area contributed by atoms with Crippen LogP contribution in [0.4, 0.5) is 5.69 Å². The lowest BCUT2D eigenvalue weighted by Gasteiger charge is -2.49. The molecule has 166 valence electrons. The second-order valence-corrected chi connectivity index (χ2v) is 9.32. The minimum atomic E-state index is -0.552. The van der Waals surface area contributed by atoms with Gasteiger partial charge in [0.05, 0.1) is 23.6 Å². The molecule has 31 heavy (non-hydrogen) atoms. The number of aryl methyl sites for hydroxylation is 1. The number of nitrogens with one attached hydrogen (secondary N) is 1. The van der Waals surface area contributed by atoms with Crippen LogP contribution in [-0.4, -0.2) is 28.2 Å². The first kappa shape index (κ1) is 21.8. The Morgan fingerprint density at radius 2 is 2.13 bits per heavy atom. The third kappa shape index (κ3) is 4.08. The number of nitrogens with zero attached hydrogens (tertiary/aromatic N) is 1. The van der Waals surface area contributed by atoms with E-state index in [-0.39, 0.29) is 11.3 Å². The van der Waals surface area contributed by atoms with Crippen LogP contribution in [0.25, 0.3) is 0 Å². The van der Waals surface area contributed by atoms with Gasteiger partial charge in [0.2, 0.25) is 0 Å². The van der Waals surface area contributed by atoms with Gasteiger partial charge in [-0.3, -0.25) is 9.78 Å². The zero-order valence-electron chi connectivity index (χ0n) is 18.9. The molecule has 2 aliphatic rings. The summed E-state index contributed by atoms with van der Waals surface area (Å²) in [6.45, 7) is 6.89. The lowest BCUT2D eigenvalue weighted by molar-refractivity contribution is -0.0543. The average molecular weight is 423 g/mol. The van der Waals surface area contributed by atoms with E-state index < -0.39 is 5.60 Å². The molecule has 3 atom stereocenters. The number of carbonyl (C=O) groups excluding carboxylic acids is 1. The molecular formula is C26H34N2O3. The van der Waals surface area contributed by atoms with Crippen LogP contribution in [0.5, 0.6) is 5.75 Å². The number of benzene rings is 1. The molecule has 2 N–H and O–H groups in total. The van der Waals surface area contributed by atoms with Gasteiger partial charge in [0.25, 0.3) is 5.91 Å². The molecule has 0 bridgehead atoms. The molecule has 2 aromatic rings. The van der Waals surface area contributed by atoms with Gasteiger partial charge in [0, 0.05) is 22.7 Å². The largest absolute Gasteiger partial charge is 0.493 e. The predicted molar refractivity (Wildman–Crippen MR) is 123 cm³/mol. The number of rotatable bonds is 5. The molecule has 0 radical (unpaired) electrons. The highest BCUT2D eigenvalue weighted by atomic mass is 16.5. The van der Waals surface area contributed by atoms with Gasteiger partial charge in [0.15, 0.2) is 0 Å². The van der Waals surface area contributed by atoms with Crippen LogP contribution in [-0.2, 0) is 5.41 Å². The molecule has 2 heterocycles. The molecular weight excluding hydrogens is 388 g/mol. The first-order chi connectivity index (χ1) is 14.9. The van der Waals surface area contributed by atoms with Gasteiger partial charge in [-0.1, -0.05) is 26.3 Å². The summed E-state index contributed by atoms with van der Waals surface area (Å²) in [5.74, 6) is 1.05. The first-order valence-corrected chi connectivity index (χ1v) is 11.6. The summed E-state index contributed by atoms with van der Waals surface area (Å²) in [4.78, 5) is 17.1. The maximum Gasteiger partial charge on any atom is 0.255 e. The molecule has 5 nitrogen and oxygen atoms in total. The van der Waals surface area contributed by atoms with Crippen molar-refractivity contribution in [2.75, 3.05) is 11.9 Å². The number of hydrogen-bond donors (Lipinski definition) is 2. The molecule has 1 aromatic heterocycles. The number of carbonyl (C=O) groups is 1. The fourth-order valence-corrected chi connectivity index (χ4v) is 5.81. The maximum atomic E-state index is 12.9. The van der Waals surface area contributed by atoms with Gasteiger partial charge in [-0.2, -0.15) is 0 Å². The van der Waals surface area contributed by atoms with Crippen LogP contribution < -0.4 is 10.1 Å². The molecule has 4 rings (SSSR count). The average Bonchev–Trinajstić information content (AvgIpc) is 2.91. The maximum absolute atomic E-state index is 12.9. The Kier molecular flexibility index (Phi) is 6.07. The van der Waals surface area contributed by atoms with E-state index in [1.54, 1.807) is 6.20 Å². The molecule has 5 heteroatoms. The minimum Gasteiger partial charge on any atom is -0.493 e. The number of ether oxygens (including phenoxy) is 1. The van der Waals surface area contributed by atoms with Crippen molar-refractivity contribution in [2.45, 2.75) is 76.7 Å². The summed E-state index contributed by atoms with van der Waals surface area (Å²) in [6, 6.07) is 9.57. The number of fused-ring (bicyclic) bond motifs is 3. The van der Waals surface area contributed by atoms with Crippen molar-refractivity contribution in [1.82, 2.24) is 4.98 Å². The smallest absolute Gasteiger partial charge is 0.255 e. The van der Waals surface area contributed by atoms with Gasteiger partial charge in [-0.25, -0.2) is 0 Å². The SMILES string of the molecule is CCC[C@]1(O)CC[C@]2(CC)c3ccc(C(=O)Nc4cccnc4C)cc3OCC[C@@H]2C1. The molecule has 1 aliphatic heterocycles. The second-order valence-electron chi connectivity index (χ2n) is 9.32. The summed E-state index contributed by atoms with van der Waals surface area (Å²) in [5, 5.41) is 14.1. The Morgan fingerprint density at radius 1 is 1.29 bits per heavy atom. The van der Waals surface area contributed by atoms with Crippen molar-refractivity contribution in [3.8, 4) is 5.75 Å². The van der Waals surface area contributed by atoms with Crippen molar-refractivity contribution in [3.63, 3.8) is 0 Å². The van der Waals surface area contributed by atoms with Crippen LogP contribution in [0.3, 0.4) is 0 Å². The van der Waals surface area contributed by atoms with Gasteiger partial charge >= 0.3 is 0 Å². The van der Waals surface area contributed by atoms with Crippen LogP contribution in [0, 0.1) is 12.8 Å². The van der Waals surface area contributed by atoms with E-state index in [0.717, 1.165) is 62.1 Å². The molecule has 0 unspecified atom stereocenters. The number of aliphatic hydroxyl groups is 1. The number of hydrogen-bond acceptors (Lipinski definition) is 4. The third-order valence-corrected chi connectivity index (χ3v) is 7.55. The summed E-state index contributed by atoms with van der Waals surface area (Å²) >= 11 is 0. The summed E-state index contributed by atoms with van der Waals surface area (Å²) in [7, 11) is 0. The summed E-state index contributed by atoms with van der Waals surface area (Å²) < 4.78 is 6.19. The van der Waals surface area contributed by atoms with E-state index in [0.29, 0.717) is 18.1 Å². The highest BCUT2D eigenvalue weighted by Crippen LogP contribution is 2.55. The molecule has 1 aromatic carbocycles. The van der Waals surface area contributed by atoms with E-state index in [9.17, 15) is 9.90 Å². The fourth-order valence-electron chi connectivity index (χ4n) is 5.81. The van der Waals surface area contributed by atoms with E-state index in [1.807, 2.05) is 31.2 Å². The van der Waals surface area contributed by atoms with Gasteiger partial charge < -0.3 is 15.2 Å². The molecule has 0 saturated heterocycles. The van der Waals surface area contributed by atoms with Crippen LogP contribution in [0.2, 0.25) is 0 Å². The van der Waals surface area contributed by atoms with Crippen molar-refractivity contribution < 1.29 is 14.6 Å². The lowest BCUT2D eigenvalue weighted by atomic mass is 9.56. The first-order valence-electron chi connectivity index (χ1n) is 11.6. The zero-order valence-corrected chi connectivity index (χ0v) is 18.9. The third-order valence-electron chi connectivity index (χ3n) is 7.55. The minimum absolute atomic E-state index is 0.000743. The van der Waals surface area contributed by atoms with Gasteiger partial charge in [-0.05, 0) is 75.6 Å². The number of amides is 1. The van der Waals surface area contributed by atoms with E-state index in [4.69, 9.17) is 4.74 Å². The monoisotopic (exact) mass is 422 g/mol.